The van der Waals surface area contributed by atoms with Gasteiger partial charge in [0.05, 0.1) is 39.6 Å². The Hall–Kier alpha value is -3.23. The molecule has 0 aliphatic carbocycles. The van der Waals surface area contributed by atoms with Crippen molar-refractivity contribution in [1.29, 1.82) is 0 Å². The van der Waals surface area contributed by atoms with Crippen LogP contribution >= 0.6 is 8.60 Å². The zero-order chi connectivity index (χ0) is 26.1. The number of phenols is 3. The normalized spacial score (nSPS) is 10.9. The van der Waals surface area contributed by atoms with Gasteiger partial charge in [0.1, 0.15) is 0 Å². The SMILES string of the molecule is Oc1ccccc1OCCCOP(OCCCOc1ccccc1O)OCCCOc1ccccc1O. The maximum Gasteiger partial charge on any atom is 0.332 e. The monoisotopic (exact) mass is 532 g/mol. The van der Waals surface area contributed by atoms with Gasteiger partial charge >= 0.3 is 8.60 Å². The van der Waals surface area contributed by atoms with Crippen LogP contribution in [0.3, 0.4) is 0 Å². The largest absolute Gasteiger partial charge is 0.504 e. The van der Waals surface area contributed by atoms with Crippen molar-refractivity contribution in [2.24, 2.45) is 0 Å². The van der Waals surface area contributed by atoms with Crippen LogP contribution in [0.25, 0.3) is 0 Å². The lowest BCUT2D eigenvalue weighted by Crippen LogP contribution is -2.07. The second-order valence-corrected chi connectivity index (χ2v) is 8.95. The average molecular weight is 533 g/mol. The third-order valence-electron chi connectivity index (χ3n) is 4.82. The number of hydrogen-bond acceptors (Lipinski definition) is 9. The van der Waals surface area contributed by atoms with E-state index in [2.05, 4.69) is 0 Å². The summed E-state index contributed by atoms with van der Waals surface area (Å²) in [5.41, 5.74) is 0. The Kier molecular flexibility index (Phi) is 12.6. The van der Waals surface area contributed by atoms with Crippen LogP contribution in [0.4, 0.5) is 0 Å². The minimum atomic E-state index is -1.61. The molecule has 0 atom stereocenters. The molecule has 0 unspecified atom stereocenters. The summed E-state index contributed by atoms with van der Waals surface area (Å²) in [5, 5.41) is 29.3. The summed E-state index contributed by atoms with van der Waals surface area (Å²) >= 11 is 0. The summed E-state index contributed by atoms with van der Waals surface area (Å²) in [5.74, 6) is 1.54. The zero-order valence-corrected chi connectivity index (χ0v) is 21.4. The van der Waals surface area contributed by atoms with Gasteiger partial charge in [0.15, 0.2) is 34.5 Å². The first kappa shape index (κ1) is 28.3. The lowest BCUT2D eigenvalue weighted by molar-refractivity contribution is 0.138. The lowest BCUT2D eigenvalue weighted by Gasteiger charge is -2.17. The molecule has 3 aromatic rings. The summed E-state index contributed by atoms with van der Waals surface area (Å²) in [6.07, 6.45) is 1.73. The van der Waals surface area contributed by atoms with Gasteiger partial charge in [-0.1, -0.05) is 36.4 Å². The second-order valence-electron chi connectivity index (χ2n) is 7.73. The quantitative estimate of drug-likeness (QED) is 0.138. The highest BCUT2D eigenvalue weighted by atomic mass is 31.2. The Labute approximate surface area is 218 Å². The van der Waals surface area contributed by atoms with Crippen LogP contribution in [0, 0.1) is 0 Å². The van der Waals surface area contributed by atoms with Crippen LogP contribution in [-0.4, -0.2) is 55.0 Å². The number of aromatic hydroxyl groups is 3. The van der Waals surface area contributed by atoms with Crippen molar-refractivity contribution >= 4 is 8.60 Å². The molecule has 0 saturated carbocycles. The molecule has 3 rings (SSSR count). The molecule has 0 amide bonds. The van der Waals surface area contributed by atoms with Crippen molar-refractivity contribution in [3.63, 3.8) is 0 Å². The third-order valence-corrected chi connectivity index (χ3v) is 6.00. The van der Waals surface area contributed by atoms with Crippen LogP contribution in [-0.2, 0) is 13.6 Å². The van der Waals surface area contributed by atoms with Gasteiger partial charge in [-0.2, -0.15) is 0 Å². The molecule has 0 heterocycles. The molecular weight excluding hydrogens is 499 g/mol. The summed E-state index contributed by atoms with van der Waals surface area (Å²) in [7, 11) is -1.61. The van der Waals surface area contributed by atoms with E-state index in [9.17, 15) is 15.3 Å². The Balaban J connectivity index is 1.35. The fraction of sp³-hybridized carbons (Fsp3) is 0.333. The number of benzene rings is 3. The Morgan fingerprint density at radius 1 is 0.432 bits per heavy atom. The van der Waals surface area contributed by atoms with Gasteiger partial charge < -0.3 is 43.1 Å². The van der Waals surface area contributed by atoms with E-state index in [1.54, 1.807) is 72.8 Å². The summed E-state index contributed by atoms with van der Waals surface area (Å²) in [4.78, 5) is 0. The van der Waals surface area contributed by atoms with Crippen molar-refractivity contribution in [2.45, 2.75) is 19.3 Å². The standard InChI is InChI=1S/C27H33O9P/c28-22-10-1-4-13-25(22)31-16-7-19-34-37(35-20-8-17-32-26-14-5-2-11-23(26)29)36-21-9-18-33-27-15-6-3-12-24(27)30/h1-6,10-15,28-30H,7-9,16-21H2. The molecule has 10 heteroatoms. The first-order valence-corrected chi connectivity index (χ1v) is 13.1. The predicted octanol–water partition coefficient (Wildman–Crippen LogP) is 5.79. The molecule has 0 saturated heterocycles. The van der Waals surface area contributed by atoms with Crippen LogP contribution in [0.2, 0.25) is 0 Å². The van der Waals surface area contributed by atoms with Crippen LogP contribution in [0.5, 0.6) is 34.5 Å². The first-order chi connectivity index (χ1) is 18.1. The molecular formula is C27H33O9P. The van der Waals surface area contributed by atoms with E-state index >= 15 is 0 Å². The average Bonchev–Trinajstić information content (AvgIpc) is 2.90. The molecule has 0 aromatic heterocycles. The summed E-state index contributed by atoms with van der Waals surface area (Å²) < 4.78 is 34.1. The molecule has 0 aliphatic heterocycles. The molecule has 3 aromatic carbocycles. The van der Waals surface area contributed by atoms with Crippen LogP contribution in [0.1, 0.15) is 19.3 Å². The van der Waals surface area contributed by atoms with Crippen LogP contribution < -0.4 is 14.2 Å². The lowest BCUT2D eigenvalue weighted by atomic mass is 10.3. The third kappa shape index (κ3) is 10.7. The van der Waals surface area contributed by atoms with Crippen molar-refractivity contribution in [3.8, 4) is 34.5 Å². The fourth-order valence-electron chi connectivity index (χ4n) is 2.99. The molecule has 0 aliphatic rings. The van der Waals surface area contributed by atoms with E-state index in [1.807, 2.05) is 0 Å². The fourth-order valence-corrected chi connectivity index (χ4v) is 4.05. The second kappa shape index (κ2) is 16.5. The molecule has 0 spiro atoms. The van der Waals surface area contributed by atoms with Crippen molar-refractivity contribution in [2.75, 3.05) is 39.6 Å². The molecule has 200 valence electrons. The molecule has 0 fully saturated rings. The number of phenolic OH excluding ortho intramolecular Hbond substituents is 3. The Morgan fingerprint density at radius 3 is 1.03 bits per heavy atom. The van der Waals surface area contributed by atoms with Gasteiger partial charge in [-0.05, 0) is 36.4 Å². The highest BCUT2D eigenvalue weighted by molar-refractivity contribution is 7.41. The van der Waals surface area contributed by atoms with Crippen molar-refractivity contribution in [1.82, 2.24) is 0 Å². The number of ether oxygens (including phenoxy) is 3. The highest BCUT2D eigenvalue weighted by Crippen LogP contribution is 2.40. The van der Waals surface area contributed by atoms with Gasteiger partial charge in [0, 0.05) is 19.3 Å². The van der Waals surface area contributed by atoms with Gasteiger partial charge in [-0.25, -0.2) is 0 Å². The van der Waals surface area contributed by atoms with E-state index in [4.69, 9.17) is 27.8 Å². The van der Waals surface area contributed by atoms with E-state index in [-0.39, 0.29) is 17.2 Å². The number of para-hydroxylation sites is 6. The van der Waals surface area contributed by atoms with E-state index in [0.717, 1.165) is 0 Å². The van der Waals surface area contributed by atoms with Crippen molar-refractivity contribution in [3.05, 3.63) is 72.8 Å². The highest BCUT2D eigenvalue weighted by Gasteiger charge is 2.13. The van der Waals surface area contributed by atoms with Gasteiger partial charge in [-0.3, -0.25) is 0 Å². The number of rotatable bonds is 18. The van der Waals surface area contributed by atoms with Crippen molar-refractivity contribution < 1.29 is 43.1 Å². The van der Waals surface area contributed by atoms with E-state index in [1.165, 1.54) is 0 Å². The zero-order valence-electron chi connectivity index (χ0n) is 20.5. The minimum absolute atomic E-state index is 0.0921. The van der Waals surface area contributed by atoms with Gasteiger partial charge in [-0.15, -0.1) is 0 Å². The summed E-state index contributed by atoms with van der Waals surface area (Å²) in [6.45, 7) is 2.14. The molecule has 3 N–H and O–H groups in total. The van der Waals surface area contributed by atoms with E-state index in [0.29, 0.717) is 76.2 Å². The molecule has 37 heavy (non-hydrogen) atoms. The minimum Gasteiger partial charge on any atom is -0.504 e. The molecule has 0 bridgehead atoms. The summed E-state index contributed by atoms with van der Waals surface area (Å²) in [6, 6.07) is 20.4. The predicted molar refractivity (Wildman–Crippen MR) is 139 cm³/mol. The number of hydrogen-bond donors (Lipinski definition) is 3. The molecule has 0 radical (unpaired) electrons. The maximum absolute atomic E-state index is 9.77. The van der Waals surface area contributed by atoms with Gasteiger partial charge in [0.2, 0.25) is 0 Å². The first-order valence-electron chi connectivity index (χ1n) is 12.0. The Bertz CT molecular complexity index is 918. The molecule has 9 nitrogen and oxygen atoms in total. The van der Waals surface area contributed by atoms with Gasteiger partial charge in [0.25, 0.3) is 0 Å². The maximum atomic E-state index is 9.77. The van der Waals surface area contributed by atoms with E-state index < -0.39 is 8.60 Å². The Morgan fingerprint density at radius 2 is 0.730 bits per heavy atom. The van der Waals surface area contributed by atoms with Crippen LogP contribution in [0.15, 0.2) is 72.8 Å². The topological polar surface area (TPSA) is 116 Å². The smallest absolute Gasteiger partial charge is 0.332 e.